The fraction of sp³-hybridized carbons (Fsp3) is 0.148. The zero-order valence-corrected chi connectivity index (χ0v) is 20.2. The van der Waals surface area contributed by atoms with Gasteiger partial charge in [-0.05, 0) is 60.2 Å². The number of carboxylic acid groups (broad SMARTS) is 2. The summed E-state index contributed by atoms with van der Waals surface area (Å²) in [6.07, 6.45) is 1.03. The highest BCUT2D eigenvalue weighted by molar-refractivity contribution is 6.01. The summed E-state index contributed by atoms with van der Waals surface area (Å²) in [4.78, 5) is 34.4. The normalized spacial score (nSPS) is 10.8. The summed E-state index contributed by atoms with van der Waals surface area (Å²) in [7, 11) is 0. The summed E-state index contributed by atoms with van der Waals surface area (Å²) >= 11 is 0. The van der Waals surface area contributed by atoms with Crippen molar-refractivity contribution >= 4 is 35.2 Å². The molecule has 1 amide bonds. The highest BCUT2D eigenvalue weighted by Gasteiger charge is 2.24. The smallest absolute Gasteiger partial charge is 0.320 e. The zero-order chi connectivity index (χ0) is 27.9. The average molecular weight is 536 g/mol. The first-order chi connectivity index (χ1) is 18.7. The van der Waals surface area contributed by atoms with Gasteiger partial charge in [-0.3, -0.25) is 14.4 Å². The summed E-state index contributed by atoms with van der Waals surface area (Å²) < 4.78 is 31.6. The molecule has 0 radical (unpaired) electrons. The third-order valence-corrected chi connectivity index (χ3v) is 5.77. The number of aryl methyl sites for hydroxylation is 1. The van der Waals surface area contributed by atoms with Crippen LogP contribution in [-0.4, -0.2) is 38.3 Å². The summed E-state index contributed by atoms with van der Waals surface area (Å²) in [6, 6.07) is 17.5. The highest BCUT2D eigenvalue weighted by atomic mass is 19.2. The predicted molar refractivity (Wildman–Crippen MR) is 135 cm³/mol. The van der Waals surface area contributed by atoms with E-state index in [0.29, 0.717) is 18.5 Å². The van der Waals surface area contributed by atoms with E-state index in [1.54, 1.807) is 24.3 Å². The van der Waals surface area contributed by atoms with Crippen LogP contribution >= 0.6 is 0 Å². The molecule has 3 aromatic carbocycles. The topological polar surface area (TPSA) is 155 Å². The molecule has 0 fully saturated rings. The number of amides is 1. The largest absolute Gasteiger partial charge is 0.481 e. The van der Waals surface area contributed by atoms with Crippen molar-refractivity contribution in [1.29, 1.82) is 0 Å². The maximum Gasteiger partial charge on any atom is 0.320 e. The Morgan fingerprint density at radius 2 is 1.44 bits per heavy atom. The lowest BCUT2D eigenvalue weighted by Crippen LogP contribution is -2.23. The van der Waals surface area contributed by atoms with Gasteiger partial charge in [0, 0.05) is 17.4 Å². The molecule has 0 spiro atoms. The van der Waals surface area contributed by atoms with Crippen molar-refractivity contribution in [3.8, 4) is 11.1 Å². The second-order valence-corrected chi connectivity index (χ2v) is 8.52. The molecule has 0 aliphatic heterocycles. The second kappa shape index (κ2) is 11.9. The van der Waals surface area contributed by atoms with Gasteiger partial charge in [-0.25, -0.2) is 8.78 Å². The molecule has 10 nitrogen and oxygen atoms in total. The number of anilines is 3. The molecule has 4 N–H and O–H groups in total. The van der Waals surface area contributed by atoms with Crippen LogP contribution in [0.25, 0.3) is 11.1 Å². The molecule has 1 heterocycles. The number of carbonyl (C=O) groups excluding carboxylic acids is 1. The Bertz CT molecular complexity index is 1480. The molecule has 0 bridgehead atoms. The molecule has 200 valence electrons. The van der Waals surface area contributed by atoms with Crippen molar-refractivity contribution in [3.63, 3.8) is 0 Å². The Morgan fingerprint density at radius 1 is 0.821 bits per heavy atom. The van der Waals surface area contributed by atoms with E-state index in [9.17, 15) is 23.2 Å². The molecular formula is C27H22F2N4O6. The minimum absolute atomic E-state index is 0.0508. The molecule has 4 rings (SSSR count). The fourth-order valence-corrected chi connectivity index (χ4v) is 3.72. The molecule has 0 saturated heterocycles. The van der Waals surface area contributed by atoms with Gasteiger partial charge in [0.2, 0.25) is 0 Å². The number of nitrogens with zero attached hydrogens (tertiary/aromatic N) is 2. The molecule has 12 heteroatoms. The van der Waals surface area contributed by atoms with E-state index in [-0.39, 0.29) is 24.0 Å². The van der Waals surface area contributed by atoms with Gasteiger partial charge in [-0.1, -0.05) is 41.5 Å². The maximum absolute atomic E-state index is 13.3. The van der Waals surface area contributed by atoms with Crippen molar-refractivity contribution < 1.29 is 37.8 Å². The Hall–Kier alpha value is -5.13. The Labute approximate surface area is 220 Å². The predicted octanol–water partition coefficient (Wildman–Crippen LogP) is 5.12. The Morgan fingerprint density at radius 3 is 2.05 bits per heavy atom. The van der Waals surface area contributed by atoms with Crippen molar-refractivity contribution in [3.05, 3.63) is 89.8 Å². The van der Waals surface area contributed by atoms with E-state index < -0.39 is 35.4 Å². The van der Waals surface area contributed by atoms with Gasteiger partial charge in [0.1, 0.15) is 0 Å². The van der Waals surface area contributed by atoms with Gasteiger partial charge in [0.05, 0.1) is 0 Å². The first-order valence-corrected chi connectivity index (χ1v) is 11.7. The average Bonchev–Trinajstić information content (AvgIpc) is 3.38. The minimum Gasteiger partial charge on any atom is -0.481 e. The van der Waals surface area contributed by atoms with Gasteiger partial charge in [-0.2, -0.15) is 0 Å². The number of nitrogens with one attached hydrogen (secondary N) is 2. The van der Waals surface area contributed by atoms with Crippen LogP contribution in [-0.2, 0) is 16.0 Å². The fourth-order valence-electron chi connectivity index (χ4n) is 3.72. The molecule has 0 atom stereocenters. The van der Waals surface area contributed by atoms with E-state index in [4.69, 9.17) is 14.6 Å². The summed E-state index contributed by atoms with van der Waals surface area (Å²) in [5.41, 5.74) is 3.39. The third-order valence-electron chi connectivity index (χ3n) is 5.77. The molecule has 1 aromatic heterocycles. The summed E-state index contributed by atoms with van der Waals surface area (Å²) in [5.74, 6) is -7.14. The standard InChI is InChI=1S/C27H22F2N4O6/c28-21-13-12-19(14-22(21)29)31-27-33-32-24(39-27)23(34)30-18-10-8-17(9-11-18)16-6-4-15(5-7-16)2-1-3-20(25(35)36)26(37)38/h4-14,20H,1-3H2,(H,30,34)(H,31,33)(H,35,36)(H,37,38). The van der Waals surface area contributed by atoms with Gasteiger partial charge in [0.15, 0.2) is 17.6 Å². The lowest BCUT2D eigenvalue weighted by atomic mass is 9.98. The number of rotatable bonds is 11. The molecule has 0 aliphatic rings. The lowest BCUT2D eigenvalue weighted by Gasteiger charge is -2.08. The van der Waals surface area contributed by atoms with Crippen molar-refractivity contribution in [2.75, 3.05) is 10.6 Å². The Balaban J connectivity index is 1.31. The number of carboxylic acids is 2. The van der Waals surface area contributed by atoms with Gasteiger partial charge < -0.3 is 25.3 Å². The number of hydrogen-bond donors (Lipinski definition) is 4. The summed E-state index contributed by atoms with van der Waals surface area (Å²) in [5, 5.41) is 30.5. The molecule has 0 saturated carbocycles. The number of hydrogen-bond acceptors (Lipinski definition) is 7. The SMILES string of the molecule is O=C(Nc1ccc(-c2ccc(CCCC(C(=O)O)C(=O)O)cc2)cc1)c1nnc(Nc2ccc(F)c(F)c2)o1. The molecular weight excluding hydrogens is 514 g/mol. The van der Waals surface area contributed by atoms with Crippen LogP contribution in [0, 0.1) is 17.6 Å². The number of aromatic nitrogens is 2. The monoisotopic (exact) mass is 536 g/mol. The number of carbonyl (C=O) groups is 3. The van der Waals surface area contributed by atoms with Crippen LogP contribution in [0.15, 0.2) is 71.1 Å². The van der Waals surface area contributed by atoms with Crippen LogP contribution in [0.2, 0.25) is 0 Å². The summed E-state index contributed by atoms with van der Waals surface area (Å²) in [6.45, 7) is 0. The van der Waals surface area contributed by atoms with Crippen LogP contribution < -0.4 is 10.6 Å². The first kappa shape index (κ1) is 26.9. The van der Waals surface area contributed by atoms with E-state index in [2.05, 4.69) is 20.8 Å². The molecule has 0 aliphatic carbocycles. The molecule has 0 unspecified atom stereocenters. The third kappa shape index (κ3) is 7.01. The van der Waals surface area contributed by atoms with Crippen LogP contribution in [0.1, 0.15) is 29.1 Å². The zero-order valence-electron chi connectivity index (χ0n) is 20.2. The van der Waals surface area contributed by atoms with Gasteiger partial charge >= 0.3 is 29.8 Å². The van der Waals surface area contributed by atoms with Crippen LogP contribution in [0.4, 0.5) is 26.2 Å². The van der Waals surface area contributed by atoms with Gasteiger partial charge in [-0.15, -0.1) is 5.10 Å². The van der Waals surface area contributed by atoms with Crippen LogP contribution in [0.5, 0.6) is 0 Å². The van der Waals surface area contributed by atoms with E-state index in [0.717, 1.165) is 28.8 Å². The number of halogens is 2. The maximum atomic E-state index is 13.3. The quantitative estimate of drug-likeness (QED) is 0.191. The lowest BCUT2D eigenvalue weighted by molar-refractivity contribution is -0.154. The second-order valence-electron chi connectivity index (χ2n) is 8.52. The van der Waals surface area contributed by atoms with Crippen molar-refractivity contribution in [2.45, 2.75) is 19.3 Å². The first-order valence-electron chi connectivity index (χ1n) is 11.7. The van der Waals surface area contributed by atoms with E-state index in [1.807, 2.05) is 24.3 Å². The number of benzene rings is 3. The highest BCUT2D eigenvalue weighted by Crippen LogP contribution is 2.24. The Kier molecular flexibility index (Phi) is 8.24. The van der Waals surface area contributed by atoms with E-state index >= 15 is 0 Å². The van der Waals surface area contributed by atoms with Crippen molar-refractivity contribution in [2.24, 2.45) is 5.92 Å². The van der Waals surface area contributed by atoms with Gasteiger partial charge in [0.25, 0.3) is 0 Å². The minimum atomic E-state index is -1.41. The van der Waals surface area contributed by atoms with E-state index in [1.165, 1.54) is 6.07 Å². The molecule has 4 aromatic rings. The van der Waals surface area contributed by atoms with Crippen molar-refractivity contribution in [1.82, 2.24) is 10.2 Å². The molecule has 39 heavy (non-hydrogen) atoms. The van der Waals surface area contributed by atoms with Crippen LogP contribution in [0.3, 0.4) is 0 Å². The number of aliphatic carboxylic acids is 2.